The minimum absolute atomic E-state index is 0.178. The zero-order valence-corrected chi connectivity index (χ0v) is 21.7. The average Bonchev–Trinajstić information content (AvgIpc) is 3.37. The number of H-pyrrole nitrogens is 1. The molecule has 37 heavy (non-hydrogen) atoms. The Bertz CT molecular complexity index is 1360. The van der Waals surface area contributed by atoms with Gasteiger partial charge in [0.25, 0.3) is 5.91 Å². The Labute approximate surface area is 222 Å². The molecule has 2 aromatic heterocycles. The molecule has 4 aromatic rings. The fourth-order valence-corrected chi connectivity index (χ4v) is 3.88. The van der Waals surface area contributed by atoms with Crippen molar-refractivity contribution in [1.82, 2.24) is 20.3 Å². The Morgan fingerprint density at radius 3 is 2.51 bits per heavy atom. The second-order valence-corrected chi connectivity index (χ2v) is 9.00. The van der Waals surface area contributed by atoms with Crippen molar-refractivity contribution in [2.24, 2.45) is 0 Å². The van der Waals surface area contributed by atoms with Gasteiger partial charge in [0, 0.05) is 58.9 Å². The third-order valence-corrected chi connectivity index (χ3v) is 6.12. The Kier molecular flexibility index (Phi) is 9.03. The molecule has 188 valence electrons. The van der Waals surface area contributed by atoms with E-state index in [0.717, 1.165) is 47.0 Å². The van der Waals surface area contributed by atoms with Crippen LogP contribution in [0.5, 0.6) is 0 Å². The zero-order chi connectivity index (χ0) is 26.0. The van der Waals surface area contributed by atoms with Crippen LogP contribution in [-0.2, 0) is 13.0 Å². The molecule has 7 heteroatoms. The number of allylic oxidation sites excluding steroid dienone is 2. The van der Waals surface area contributed by atoms with Crippen LogP contribution in [0.15, 0.2) is 91.3 Å². The smallest absolute Gasteiger partial charge is 0.255 e. The van der Waals surface area contributed by atoms with Crippen molar-refractivity contribution in [2.75, 3.05) is 5.32 Å². The second-order valence-electron chi connectivity index (χ2n) is 8.57. The van der Waals surface area contributed by atoms with E-state index >= 15 is 0 Å². The van der Waals surface area contributed by atoms with Gasteiger partial charge in [-0.1, -0.05) is 35.9 Å². The van der Waals surface area contributed by atoms with E-state index in [9.17, 15) is 4.79 Å². The van der Waals surface area contributed by atoms with E-state index in [1.165, 1.54) is 0 Å². The van der Waals surface area contributed by atoms with Gasteiger partial charge in [0.15, 0.2) is 0 Å². The lowest BCUT2D eigenvalue weighted by atomic mass is 10.0. The highest BCUT2D eigenvalue weighted by Crippen LogP contribution is 2.24. The monoisotopic (exact) mass is 511 g/mol. The molecule has 0 spiro atoms. The number of imidazole rings is 1. The standard InChI is InChI=1S/C26H22ClN5O.C4H8/c27-20-7-3-19(4-8-20)26(33)30-21-9-5-18(6-10-21)25-31-23-12-11-22(14-24(23)32-25)29-16-17-2-1-13-28-15-17;1-3-4-2/h1-13,15,22,29H,14,16H2,(H,30,33)(H,31,32);3-4H,1-2H3/b;4-3-. The first-order valence-electron chi connectivity index (χ1n) is 12.2. The fourth-order valence-electron chi connectivity index (χ4n) is 3.76. The van der Waals surface area contributed by atoms with Crippen LogP contribution in [0, 0.1) is 0 Å². The second kappa shape index (κ2) is 12.8. The van der Waals surface area contributed by atoms with Gasteiger partial charge < -0.3 is 15.6 Å². The number of anilines is 1. The molecule has 0 saturated heterocycles. The number of nitrogens with one attached hydrogen (secondary N) is 3. The van der Waals surface area contributed by atoms with Gasteiger partial charge >= 0.3 is 0 Å². The number of rotatable bonds is 6. The average molecular weight is 512 g/mol. The molecule has 1 unspecified atom stereocenters. The summed E-state index contributed by atoms with van der Waals surface area (Å²) in [4.78, 5) is 24.8. The Morgan fingerprint density at radius 2 is 1.84 bits per heavy atom. The maximum Gasteiger partial charge on any atom is 0.255 e. The predicted molar refractivity (Wildman–Crippen MR) is 152 cm³/mol. The summed E-state index contributed by atoms with van der Waals surface area (Å²) in [5.41, 5.74) is 5.46. The molecule has 0 aliphatic heterocycles. The number of pyridine rings is 1. The molecule has 3 N–H and O–H groups in total. The topological polar surface area (TPSA) is 82.7 Å². The minimum atomic E-state index is -0.178. The van der Waals surface area contributed by atoms with Gasteiger partial charge in [-0.15, -0.1) is 0 Å². The molecular weight excluding hydrogens is 482 g/mol. The number of amides is 1. The van der Waals surface area contributed by atoms with E-state index in [2.05, 4.69) is 38.8 Å². The molecule has 2 aromatic carbocycles. The maximum absolute atomic E-state index is 12.4. The Balaban J connectivity index is 0.000000747. The summed E-state index contributed by atoms with van der Waals surface area (Å²) < 4.78 is 0. The summed E-state index contributed by atoms with van der Waals surface area (Å²) in [6.45, 7) is 4.77. The molecule has 1 amide bonds. The molecule has 0 saturated carbocycles. The number of carbonyl (C=O) groups excluding carboxylic acids is 1. The van der Waals surface area contributed by atoms with Gasteiger partial charge in [-0.25, -0.2) is 4.98 Å². The van der Waals surface area contributed by atoms with Crippen molar-refractivity contribution in [1.29, 1.82) is 0 Å². The number of halogens is 1. The highest BCUT2D eigenvalue weighted by Gasteiger charge is 2.18. The number of hydrogen-bond acceptors (Lipinski definition) is 4. The number of hydrogen-bond donors (Lipinski definition) is 3. The number of fused-ring (bicyclic) bond motifs is 1. The lowest BCUT2D eigenvalue weighted by Crippen LogP contribution is -2.30. The molecule has 0 fully saturated rings. The van der Waals surface area contributed by atoms with E-state index in [1.807, 2.05) is 62.5 Å². The van der Waals surface area contributed by atoms with Gasteiger partial charge in [-0.2, -0.15) is 0 Å². The van der Waals surface area contributed by atoms with E-state index in [1.54, 1.807) is 30.5 Å². The Hall–Kier alpha value is -4.00. The molecule has 0 radical (unpaired) electrons. The van der Waals surface area contributed by atoms with Crippen LogP contribution in [-0.4, -0.2) is 26.9 Å². The van der Waals surface area contributed by atoms with Gasteiger partial charge in [0.2, 0.25) is 0 Å². The van der Waals surface area contributed by atoms with Crippen LogP contribution >= 0.6 is 11.6 Å². The quantitative estimate of drug-likeness (QED) is 0.252. The van der Waals surface area contributed by atoms with Crippen LogP contribution in [0.25, 0.3) is 17.5 Å². The molecule has 1 atom stereocenters. The molecule has 1 aliphatic rings. The van der Waals surface area contributed by atoms with Gasteiger partial charge in [0.1, 0.15) is 5.82 Å². The maximum atomic E-state index is 12.4. The highest BCUT2D eigenvalue weighted by molar-refractivity contribution is 6.30. The number of nitrogens with zero attached hydrogens (tertiary/aromatic N) is 2. The van der Waals surface area contributed by atoms with Crippen molar-refractivity contribution < 1.29 is 4.79 Å². The van der Waals surface area contributed by atoms with Crippen LogP contribution in [0.3, 0.4) is 0 Å². The third-order valence-electron chi connectivity index (χ3n) is 5.87. The first-order chi connectivity index (χ1) is 18.1. The summed E-state index contributed by atoms with van der Waals surface area (Å²) in [6, 6.07) is 18.7. The van der Waals surface area contributed by atoms with Crippen molar-refractivity contribution in [3.8, 4) is 11.4 Å². The molecule has 6 nitrogen and oxygen atoms in total. The van der Waals surface area contributed by atoms with Crippen LogP contribution < -0.4 is 10.6 Å². The summed E-state index contributed by atoms with van der Waals surface area (Å²) in [6.07, 6.45) is 12.7. The van der Waals surface area contributed by atoms with Crippen LogP contribution in [0.4, 0.5) is 5.69 Å². The fraction of sp³-hybridized carbons (Fsp3) is 0.167. The van der Waals surface area contributed by atoms with Crippen molar-refractivity contribution in [3.63, 3.8) is 0 Å². The largest absolute Gasteiger partial charge is 0.341 e. The van der Waals surface area contributed by atoms with Gasteiger partial charge in [-0.3, -0.25) is 9.78 Å². The summed E-state index contributed by atoms with van der Waals surface area (Å²) >= 11 is 5.89. The molecular formula is C30H30ClN5O. The number of aromatic nitrogens is 3. The van der Waals surface area contributed by atoms with Crippen LogP contribution in [0.1, 0.15) is 41.2 Å². The summed E-state index contributed by atoms with van der Waals surface area (Å²) in [5.74, 6) is 0.635. The van der Waals surface area contributed by atoms with Gasteiger partial charge in [-0.05, 0) is 80.1 Å². The zero-order valence-electron chi connectivity index (χ0n) is 20.9. The van der Waals surface area contributed by atoms with Crippen molar-refractivity contribution in [3.05, 3.63) is 119 Å². The molecule has 1 aliphatic carbocycles. The summed E-state index contributed by atoms with van der Waals surface area (Å²) in [5, 5.41) is 7.05. The SMILES string of the molecule is C/C=C\C.O=C(Nc1ccc(-c2nc3c([nH]2)CC(NCc2cccnc2)C=C3)cc1)c1ccc(Cl)cc1. The third kappa shape index (κ3) is 7.26. The van der Waals surface area contributed by atoms with E-state index < -0.39 is 0 Å². The first-order valence-corrected chi connectivity index (χ1v) is 12.6. The summed E-state index contributed by atoms with van der Waals surface area (Å²) in [7, 11) is 0. The lowest BCUT2D eigenvalue weighted by molar-refractivity contribution is 0.102. The van der Waals surface area contributed by atoms with E-state index in [4.69, 9.17) is 16.6 Å². The lowest BCUT2D eigenvalue weighted by Gasteiger charge is -2.17. The number of benzene rings is 2. The Morgan fingerprint density at radius 1 is 1.08 bits per heavy atom. The van der Waals surface area contributed by atoms with Crippen LogP contribution in [0.2, 0.25) is 5.02 Å². The van der Waals surface area contributed by atoms with E-state index in [0.29, 0.717) is 10.6 Å². The number of aromatic amines is 1. The highest BCUT2D eigenvalue weighted by atomic mass is 35.5. The molecule has 5 rings (SSSR count). The minimum Gasteiger partial charge on any atom is -0.341 e. The molecule has 2 heterocycles. The van der Waals surface area contributed by atoms with Gasteiger partial charge in [0.05, 0.1) is 5.69 Å². The normalized spacial score (nSPS) is 14.1. The van der Waals surface area contributed by atoms with Crippen molar-refractivity contribution >= 4 is 29.3 Å². The van der Waals surface area contributed by atoms with E-state index in [-0.39, 0.29) is 11.9 Å². The van der Waals surface area contributed by atoms with Crippen molar-refractivity contribution in [2.45, 2.75) is 32.9 Å². The predicted octanol–water partition coefficient (Wildman–Crippen LogP) is 6.69. The number of carbonyl (C=O) groups is 1. The first kappa shape index (κ1) is 26.1. The molecule has 0 bridgehead atoms.